The van der Waals surface area contributed by atoms with Crippen LogP contribution in [0.3, 0.4) is 0 Å². The Hall–Kier alpha value is -3.16. The molecule has 1 aromatic carbocycles. The normalized spacial score (nSPS) is 12.2. The Balaban J connectivity index is 2.03. The van der Waals surface area contributed by atoms with Gasteiger partial charge in [0, 0.05) is 17.4 Å². The average Bonchev–Trinajstić information content (AvgIpc) is 2.92. The number of hydrogen-bond donors (Lipinski definition) is 1. The lowest BCUT2D eigenvalue weighted by molar-refractivity contribution is -0.144. The molecule has 8 nitrogen and oxygen atoms in total. The first-order chi connectivity index (χ1) is 11.9. The van der Waals surface area contributed by atoms with E-state index in [4.69, 9.17) is 0 Å². The Morgan fingerprint density at radius 1 is 1.24 bits per heavy atom. The number of methoxy groups -OCH3 is 1. The van der Waals surface area contributed by atoms with Gasteiger partial charge in [-0.2, -0.15) is 9.67 Å². The first kappa shape index (κ1) is 16.7. The number of aryl methyl sites for hydroxylation is 2. The molecule has 0 bridgehead atoms. The molecule has 3 aromatic rings. The number of hydrogen-bond acceptors (Lipinski definition) is 6. The molecule has 1 atom stereocenters. The smallest absolute Gasteiger partial charge is 0.352 e. The summed E-state index contributed by atoms with van der Waals surface area (Å²) in [7, 11) is 1.27. The van der Waals surface area contributed by atoms with E-state index in [-0.39, 0.29) is 5.78 Å². The van der Waals surface area contributed by atoms with Gasteiger partial charge in [-0.1, -0.05) is 17.7 Å². The summed E-state index contributed by atoms with van der Waals surface area (Å²) in [6, 6.07) is 8.80. The number of rotatable bonds is 4. The Kier molecular flexibility index (Phi) is 4.26. The molecule has 3 rings (SSSR count). The summed E-state index contributed by atoms with van der Waals surface area (Å²) < 4.78 is 7.12. The van der Waals surface area contributed by atoms with Crippen LogP contribution in [0.15, 0.2) is 35.1 Å². The van der Waals surface area contributed by atoms with Crippen LogP contribution in [-0.4, -0.2) is 32.2 Å². The maximum atomic E-state index is 12.5. The van der Waals surface area contributed by atoms with Gasteiger partial charge in [-0.05, 0) is 32.9 Å². The minimum Gasteiger partial charge on any atom is -0.467 e. The number of aromatic nitrogens is 4. The molecule has 0 radical (unpaired) electrons. The topological polar surface area (TPSA) is 90.5 Å². The van der Waals surface area contributed by atoms with E-state index >= 15 is 0 Å². The molecular weight excluding hydrogens is 322 g/mol. The molecule has 0 fully saturated rings. The SMILES string of the molecule is COC(=O)[C@H](C)n1nc2nc(Nc3ccc(C)cc3)cc(C)n2c1=O. The van der Waals surface area contributed by atoms with E-state index in [9.17, 15) is 9.59 Å². The third kappa shape index (κ3) is 3.10. The number of fused-ring (bicyclic) bond motifs is 1. The second-order valence-corrected chi connectivity index (χ2v) is 5.84. The van der Waals surface area contributed by atoms with E-state index in [1.165, 1.54) is 11.5 Å². The van der Waals surface area contributed by atoms with Crippen molar-refractivity contribution < 1.29 is 9.53 Å². The Morgan fingerprint density at radius 3 is 2.56 bits per heavy atom. The molecule has 0 aliphatic carbocycles. The highest BCUT2D eigenvalue weighted by Gasteiger charge is 2.22. The van der Waals surface area contributed by atoms with Crippen LogP contribution in [0.4, 0.5) is 11.5 Å². The lowest BCUT2D eigenvalue weighted by Crippen LogP contribution is -2.29. The van der Waals surface area contributed by atoms with Crippen LogP contribution in [0.1, 0.15) is 24.2 Å². The lowest BCUT2D eigenvalue weighted by atomic mass is 10.2. The molecule has 0 saturated heterocycles. The first-order valence-electron chi connectivity index (χ1n) is 7.81. The molecular formula is C17H19N5O3. The molecule has 0 saturated carbocycles. The fourth-order valence-corrected chi connectivity index (χ4v) is 2.53. The minimum absolute atomic E-state index is 0.218. The average molecular weight is 341 g/mol. The Bertz CT molecular complexity index is 988. The molecule has 2 heterocycles. The number of ether oxygens (including phenoxy) is 1. The van der Waals surface area contributed by atoms with Crippen LogP contribution in [0.2, 0.25) is 0 Å². The summed E-state index contributed by atoms with van der Waals surface area (Å²) in [5, 5.41) is 7.36. The lowest BCUT2D eigenvalue weighted by Gasteiger charge is -2.07. The second kappa shape index (κ2) is 6.39. The molecule has 8 heteroatoms. The van der Waals surface area contributed by atoms with Crippen molar-refractivity contribution in [1.82, 2.24) is 19.2 Å². The van der Waals surface area contributed by atoms with Crippen molar-refractivity contribution in [3.05, 3.63) is 52.1 Å². The molecule has 0 unspecified atom stereocenters. The van der Waals surface area contributed by atoms with Gasteiger partial charge in [0.1, 0.15) is 5.82 Å². The number of carbonyl (C=O) groups excluding carboxylic acids is 1. The number of anilines is 2. The zero-order chi connectivity index (χ0) is 18.1. The summed E-state index contributed by atoms with van der Waals surface area (Å²) in [6.07, 6.45) is 0. The van der Waals surface area contributed by atoms with Crippen LogP contribution in [0.5, 0.6) is 0 Å². The summed E-state index contributed by atoms with van der Waals surface area (Å²) in [5.41, 5.74) is 2.27. The van der Waals surface area contributed by atoms with Crippen molar-refractivity contribution in [3.63, 3.8) is 0 Å². The fourth-order valence-electron chi connectivity index (χ4n) is 2.53. The zero-order valence-corrected chi connectivity index (χ0v) is 14.5. The van der Waals surface area contributed by atoms with Crippen molar-refractivity contribution in [1.29, 1.82) is 0 Å². The van der Waals surface area contributed by atoms with Crippen molar-refractivity contribution in [3.8, 4) is 0 Å². The molecule has 25 heavy (non-hydrogen) atoms. The standard InChI is InChI=1S/C17H19N5O3/c1-10-5-7-13(8-6-10)18-14-9-11(2)21-16(19-14)20-22(17(21)24)12(3)15(23)25-4/h5-9,12H,1-4H3,(H,18,19,20)/t12-/m0/s1. The quantitative estimate of drug-likeness (QED) is 0.730. The Morgan fingerprint density at radius 2 is 1.92 bits per heavy atom. The third-order valence-electron chi connectivity index (χ3n) is 3.94. The monoisotopic (exact) mass is 341 g/mol. The summed E-state index contributed by atoms with van der Waals surface area (Å²) in [5.74, 6) is 0.244. The van der Waals surface area contributed by atoms with E-state index < -0.39 is 17.7 Å². The maximum absolute atomic E-state index is 12.5. The van der Waals surface area contributed by atoms with Crippen LogP contribution >= 0.6 is 0 Å². The molecule has 130 valence electrons. The van der Waals surface area contributed by atoms with Gasteiger partial charge in [0.15, 0.2) is 6.04 Å². The van der Waals surface area contributed by atoms with Gasteiger partial charge >= 0.3 is 11.7 Å². The molecule has 0 spiro atoms. The number of benzene rings is 1. The van der Waals surface area contributed by atoms with E-state index in [2.05, 4.69) is 20.1 Å². The van der Waals surface area contributed by atoms with Gasteiger partial charge in [0.2, 0.25) is 0 Å². The van der Waals surface area contributed by atoms with Crippen molar-refractivity contribution in [2.75, 3.05) is 12.4 Å². The highest BCUT2D eigenvalue weighted by Crippen LogP contribution is 2.17. The largest absolute Gasteiger partial charge is 0.467 e. The van der Waals surface area contributed by atoms with Crippen LogP contribution in [0.25, 0.3) is 5.78 Å². The second-order valence-electron chi connectivity index (χ2n) is 5.84. The number of nitrogens with zero attached hydrogens (tertiary/aromatic N) is 4. The van der Waals surface area contributed by atoms with Gasteiger partial charge in [0.25, 0.3) is 5.78 Å². The van der Waals surface area contributed by atoms with Gasteiger partial charge in [-0.15, -0.1) is 5.10 Å². The summed E-state index contributed by atoms with van der Waals surface area (Å²) >= 11 is 0. The van der Waals surface area contributed by atoms with Crippen LogP contribution in [0, 0.1) is 13.8 Å². The van der Waals surface area contributed by atoms with Crippen molar-refractivity contribution >= 4 is 23.3 Å². The maximum Gasteiger partial charge on any atom is 0.352 e. The number of nitrogens with one attached hydrogen (secondary N) is 1. The van der Waals surface area contributed by atoms with Crippen molar-refractivity contribution in [2.45, 2.75) is 26.8 Å². The van der Waals surface area contributed by atoms with Gasteiger partial charge in [-0.3, -0.25) is 0 Å². The zero-order valence-electron chi connectivity index (χ0n) is 14.5. The highest BCUT2D eigenvalue weighted by molar-refractivity contribution is 5.73. The van der Waals surface area contributed by atoms with Crippen LogP contribution in [-0.2, 0) is 9.53 Å². The van der Waals surface area contributed by atoms with Gasteiger partial charge in [0.05, 0.1) is 7.11 Å². The minimum atomic E-state index is -0.827. The molecule has 2 aromatic heterocycles. The Labute approximate surface area is 144 Å². The molecule has 0 aliphatic heterocycles. The highest BCUT2D eigenvalue weighted by atomic mass is 16.5. The predicted molar refractivity (Wildman–Crippen MR) is 93.2 cm³/mol. The van der Waals surface area contributed by atoms with Crippen LogP contribution < -0.4 is 11.0 Å². The summed E-state index contributed by atoms with van der Waals surface area (Å²) in [4.78, 5) is 28.6. The summed E-state index contributed by atoms with van der Waals surface area (Å²) in [6.45, 7) is 5.35. The van der Waals surface area contributed by atoms with Gasteiger partial charge < -0.3 is 10.1 Å². The molecule has 0 amide bonds. The van der Waals surface area contributed by atoms with E-state index in [0.717, 1.165) is 15.9 Å². The first-order valence-corrected chi connectivity index (χ1v) is 7.81. The van der Waals surface area contributed by atoms with E-state index in [1.54, 1.807) is 19.9 Å². The van der Waals surface area contributed by atoms with E-state index in [1.807, 2.05) is 31.2 Å². The van der Waals surface area contributed by atoms with E-state index in [0.29, 0.717) is 11.5 Å². The molecule has 1 N–H and O–H groups in total. The van der Waals surface area contributed by atoms with Crippen molar-refractivity contribution in [2.24, 2.45) is 0 Å². The number of esters is 1. The third-order valence-corrected chi connectivity index (χ3v) is 3.94. The fraction of sp³-hybridized carbons (Fsp3) is 0.294. The number of carbonyl (C=O) groups is 1. The molecule has 0 aliphatic rings. The predicted octanol–water partition coefficient (Wildman–Crippen LogP) is 1.99. The van der Waals surface area contributed by atoms with Gasteiger partial charge in [-0.25, -0.2) is 14.0 Å².